The average molecular weight is 394 g/mol. The lowest BCUT2D eigenvalue weighted by Crippen LogP contribution is -2.39. The molecule has 0 spiro atoms. The molecular formula is C18H17Cl2N3OS. The highest BCUT2D eigenvalue weighted by molar-refractivity contribution is 7.22. The number of fused-ring (bicyclic) bond motifs is 1. The predicted octanol–water partition coefficient (Wildman–Crippen LogP) is 5.39. The summed E-state index contributed by atoms with van der Waals surface area (Å²) in [6, 6.07) is 11.3. The summed E-state index contributed by atoms with van der Waals surface area (Å²) < 4.78 is 1.01. The van der Waals surface area contributed by atoms with Crippen LogP contribution in [0.2, 0.25) is 10.0 Å². The van der Waals surface area contributed by atoms with Gasteiger partial charge in [-0.2, -0.15) is 0 Å². The lowest BCUT2D eigenvalue weighted by Gasteiger charge is -2.32. The summed E-state index contributed by atoms with van der Waals surface area (Å²) in [6.07, 6.45) is 2.01. The number of aromatic hydroxyl groups is 1. The summed E-state index contributed by atoms with van der Waals surface area (Å²) in [6.45, 7) is 1.86. The Morgan fingerprint density at radius 3 is 2.76 bits per heavy atom. The Hall–Kier alpha value is -1.69. The molecule has 3 aromatic rings. The molecular weight excluding hydrogens is 377 g/mol. The van der Waals surface area contributed by atoms with Crippen LogP contribution in [0.15, 0.2) is 36.4 Å². The first kappa shape index (κ1) is 16.8. The second-order valence-corrected chi connectivity index (χ2v) is 7.95. The molecule has 4 nitrogen and oxygen atoms in total. The quantitative estimate of drug-likeness (QED) is 0.625. The summed E-state index contributed by atoms with van der Waals surface area (Å²) in [4.78, 5) is 6.99. The molecule has 2 aromatic carbocycles. The molecule has 2 N–H and O–H groups in total. The van der Waals surface area contributed by atoms with Crippen molar-refractivity contribution >= 4 is 55.6 Å². The van der Waals surface area contributed by atoms with Gasteiger partial charge in [0.25, 0.3) is 0 Å². The summed E-state index contributed by atoms with van der Waals surface area (Å²) in [5.41, 5.74) is 1.83. The number of aromatic nitrogens is 1. The van der Waals surface area contributed by atoms with Crippen molar-refractivity contribution < 1.29 is 5.11 Å². The highest BCUT2D eigenvalue weighted by atomic mass is 35.5. The van der Waals surface area contributed by atoms with Crippen molar-refractivity contribution in [3.05, 3.63) is 46.4 Å². The number of phenolic OH excluding ortho intramolecular Hbond substituents is 1. The Labute approximate surface area is 160 Å². The van der Waals surface area contributed by atoms with Gasteiger partial charge in [-0.15, -0.1) is 0 Å². The van der Waals surface area contributed by atoms with E-state index in [-0.39, 0.29) is 5.75 Å². The number of thiazole rings is 1. The number of phenols is 1. The van der Waals surface area contributed by atoms with Gasteiger partial charge in [-0.1, -0.05) is 40.6 Å². The van der Waals surface area contributed by atoms with Crippen molar-refractivity contribution in [3.8, 4) is 5.75 Å². The van der Waals surface area contributed by atoms with E-state index in [2.05, 4.69) is 15.2 Å². The van der Waals surface area contributed by atoms with Crippen molar-refractivity contribution in [1.29, 1.82) is 0 Å². The number of piperidine rings is 1. The number of benzene rings is 2. The van der Waals surface area contributed by atoms with Crippen LogP contribution in [0.25, 0.3) is 10.2 Å². The first-order valence-electron chi connectivity index (χ1n) is 8.15. The fraction of sp³-hybridized carbons (Fsp3) is 0.278. The minimum Gasteiger partial charge on any atom is -0.508 e. The van der Waals surface area contributed by atoms with E-state index in [9.17, 15) is 5.11 Å². The van der Waals surface area contributed by atoms with Gasteiger partial charge in [0.05, 0.1) is 25.9 Å². The zero-order chi connectivity index (χ0) is 17.4. The Bertz CT molecular complexity index is 906. The summed E-state index contributed by atoms with van der Waals surface area (Å²) in [5, 5.41) is 15.3. The van der Waals surface area contributed by atoms with Gasteiger partial charge in [0.1, 0.15) is 5.75 Å². The van der Waals surface area contributed by atoms with Crippen molar-refractivity contribution in [2.75, 3.05) is 23.3 Å². The molecule has 0 saturated carbocycles. The molecule has 1 aliphatic rings. The van der Waals surface area contributed by atoms with E-state index in [1.165, 1.54) is 0 Å². The standard InChI is InChI=1S/C18H17Cl2N3OS/c19-13-2-1-3-15(17(13)20)21-11-6-8-23(9-7-11)18-22-14-5-4-12(24)10-16(14)25-18/h1-5,10-11,21,24H,6-9H2. The fourth-order valence-corrected chi connectivity index (χ4v) is 4.49. The number of hydrogen-bond acceptors (Lipinski definition) is 5. The molecule has 0 bridgehead atoms. The van der Waals surface area contributed by atoms with E-state index in [1.807, 2.05) is 18.2 Å². The van der Waals surface area contributed by atoms with Gasteiger partial charge in [0.2, 0.25) is 0 Å². The van der Waals surface area contributed by atoms with Crippen LogP contribution in [-0.4, -0.2) is 29.2 Å². The summed E-state index contributed by atoms with van der Waals surface area (Å²) in [7, 11) is 0. The monoisotopic (exact) mass is 393 g/mol. The van der Waals surface area contributed by atoms with Gasteiger partial charge < -0.3 is 15.3 Å². The van der Waals surface area contributed by atoms with Gasteiger partial charge in [0, 0.05) is 19.1 Å². The first-order valence-corrected chi connectivity index (χ1v) is 9.72. The SMILES string of the molecule is Oc1ccc2nc(N3CCC(Nc4cccc(Cl)c4Cl)CC3)sc2c1. The molecule has 2 heterocycles. The minimum absolute atomic E-state index is 0.281. The lowest BCUT2D eigenvalue weighted by atomic mass is 10.1. The normalized spacial score (nSPS) is 15.7. The number of nitrogens with one attached hydrogen (secondary N) is 1. The Morgan fingerprint density at radius 2 is 1.96 bits per heavy atom. The summed E-state index contributed by atoms with van der Waals surface area (Å²) >= 11 is 14.0. The van der Waals surface area contributed by atoms with Gasteiger partial charge in [0.15, 0.2) is 5.13 Å². The van der Waals surface area contributed by atoms with Gasteiger partial charge >= 0.3 is 0 Å². The summed E-state index contributed by atoms with van der Waals surface area (Å²) in [5.74, 6) is 0.281. The van der Waals surface area contributed by atoms with E-state index in [0.717, 1.165) is 47.0 Å². The molecule has 0 unspecified atom stereocenters. The van der Waals surface area contributed by atoms with Crippen LogP contribution in [0.1, 0.15) is 12.8 Å². The Morgan fingerprint density at radius 1 is 1.16 bits per heavy atom. The number of hydrogen-bond donors (Lipinski definition) is 2. The zero-order valence-electron chi connectivity index (χ0n) is 13.4. The molecule has 4 rings (SSSR count). The topological polar surface area (TPSA) is 48.4 Å². The Kier molecular flexibility index (Phi) is 4.63. The maximum atomic E-state index is 9.60. The number of halogens is 2. The minimum atomic E-state index is 0.281. The third kappa shape index (κ3) is 3.50. The van der Waals surface area contributed by atoms with Crippen LogP contribution in [0.5, 0.6) is 5.75 Å². The molecule has 1 saturated heterocycles. The molecule has 0 aliphatic carbocycles. The van der Waals surface area contributed by atoms with Crippen molar-refractivity contribution in [3.63, 3.8) is 0 Å². The molecule has 0 atom stereocenters. The largest absolute Gasteiger partial charge is 0.508 e. The predicted molar refractivity (Wildman–Crippen MR) is 107 cm³/mol. The lowest BCUT2D eigenvalue weighted by molar-refractivity contribution is 0.476. The fourth-order valence-electron chi connectivity index (χ4n) is 3.09. The van der Waals surface area contributed by atoms with E-state index >= 15 is 0 Å². The number of nitrogens with zero attached hydrogens (tertiary/aromatic N) is 2. The number of rotatable bonds is 3. The second kappa shape index (κ2) is 6.90. The molecule has 1 aliphatic heterocycles. The van der Waals surface area contributed by atoms with E-state index < -0.39 is 0 Å². The number of anilines is 2. The second-order valence-electron chi connectivity index (χ2n) is 6.16. The molecule has 7 heteroatoms. The molecule has 0 radical (unpaired) electrons. The molecule has 1 aromatic heterocycles. The molecule has 1 fully saturated rings. The highest BCUT2D eigenvalue weighted by Crippen LogP contribution is 2.34. The first-order chi connectivity index (χ1) is 12.1. The Balaban J connectivity index is 1.43. The van der Waals surface area contributed by atoms with Gasteiger partial charge in [-0.05, 0) is 43.2 Å². The van der Waals surface area contributed by atoms with Crippen LogP contribution < -0.4 is 10.2 Å². The van der Waals surface area contributed by atoms with E-state index in [1.54, 1.807) is 29.5 Å². The highest BCUT2D eigenvalue weighted by Gasteiger charge is 2.22. The van der Waals surface area contributed by atoms with Gasteiger partial charge in [-0.3, -0.25) is 0 Å². The van der Waals surface area contributed by atoms with Crippen molar-refractivity contribution in [2.45, 2.75) is 18.9 Å². The van der Waals surface area contributed by atoms with E-state index in [4.69, 9.17) is 23.2 Å². The zero-order valence-corrected chi connectivity index (χ0v) is 15.7. The smallest absolute Gasteiger partial charge is 0.186 e. The van der Waals surface area contributed by atoms with Crippen LogP contribution >= 0.6 is 34.5 Å². The van der Waals surface area contributed by atoms with Crippen LogP contribution in [0.4, 0.5) is 10.8 Å². The van der Waals surface area contributed by atoms with Gasteiger partial charge in [-0.25, -0.2) is 4.98 Å². The maximum Gasteiger partial charge on any atom is 0.186 e. The van der Waals surface area contributed by atoms with E-state index in [0.29, 0.717) is 16.1 Å². The molecule has 130 valence electrons. The maximum absolute atomic E-state index is 9.60. The molecule has 25 heavy (non-hydrogen) atoms. The molecule has 0 amide bonds. The van der Waals surface area contributed by atoms with Crippen LogP contribution in [0, 0.1) is 0 Å². The van der Waals surface area contributed by atoms with Crippen molar-refractivity contribution in [2.24, 2.45) is 0 Å². The third-order valence-electron chi connectivity index (χ3n) is 4.44. The van der Waals surface area contributed by atoms with Crippen LogP contribution in [0.3, 0.4) is 0 Å². The van der Waals surface area contributed by atoms with Crippen molar-refractivity contribution in [1.82, 2.24) is 4.98 Å². The van der Waals surface area contributed by atoms with Crippen LogP contribution in [-0.2, 0) is 0 Å². The average Bonchev–Trinajstić information content (AvgIpc) is 3.03. The third-order valence-corrected chi connectivity index (χ3v) is 6.34.